The van der Waals surface area contributed by atoms with E-state index in [1.54, 1.807) is 23.9 Å². The Hall–Kier alpha value is -2.84. The molecule has 0 unspecified atom stereocenters. The van der Waals surface area contributed by atoms with Gasteiger partial charge >= 0.3 is 0 Å². The summed E-state index contributed by atoms with van der Waals surface area (Å²) in [6.45, 7) is 0.908. The zero-order valence-corrected chi connectivity index (χ0v) is 15.5. The number of non-ortho nitro benzene ring substituents is 1. The Balaban J connectivity index is 1.66. The Kier molecular flexibility index (Phi) is 4.59. The molecule has 0 radical (unpaired) electrons. The van der Waals surface area contributed by atoms with E-state index in [4.69, 9.17) is 11.6 Å². The van der Waals surface area contributed by atoms with Gasteiger partial charge in [-0.05, 0) is 12.1 Å². The molecule has 1 aliphatic heterocycles. The van der Waals surface area contributed by atoms with E-state index >= 15 is 0 Å². The number of fused-ring (bicyclic) bond motifs is 1. The molecule has 4 rings (SSSR count). The van der Waals surface area contributed by atoms with Crippen molar-refractivity contribution in [1.82, 2.24) is 9.55 Å². The number of rotatable bonds is 4. The van der Waals surface area contributed by atoms with Gasteiger partial charge < -0.3 is 9.88 Å². The Labute approximate surface area is 163 Å². The molecule has 1 aromatic heterocycles. The second-order valence-electron chi connectivity index (χ2n) is 5.87. The maximum atomic E-state index is 12.7. The number of thioether (sulfide) groups is 1. The van der Waals surface area contributed by atoms with Crippen LogP contribution in [0.5, 0.6) is 0 Å². The molecule has 1 aliphatic rings. The van der Waals surface area contributed by atoms with Crippen LogP contribution in [0.15, 0.2) is 53.8 Å². The Bertz CT molecular complexity index is 1050. The second-order valence-corrected chi connectivity index (χ2v) is 7.34. The van der Waals surface area contributed by atoms with Crippen LogP contribution in [0.4, 0.5) is 11.4 Å². The molecule has 0 aliphatic carbocycles. The van der Waals surface area contributed by atoms with Crippen molar-refractivity contribution in [2.75, 3.05) is 11.1 Å². The van der Waals surface area contributed by atoms with Crippen LogP contribution in [0.3, 0.4) is 0 Å². The number of carbonyl (C=O) groups is 1. The van der Waals surface area contributed by atoms with E-state index in [-0.39, 0.29) is 16.3 Å². The average Bonchev–Trinajstić information content (AvgIpc) is 3.24. The minimum absolute atomic E-state index is 0.0450. The number of carbonyl (C=O) groups excluding carboxylic acids is 1. The van der Waals surface area contributed by atoms with Crippen molar-refractivity contribution in [1.29, 1.82) is 0 Å². The molecular formula is C18H13ClN4O3S. The molecular weight excluding hydrogens is 388 g/mol. The molecule has 7 nitrogen and oxygen atoms in total. The number of nitrogens with one attached hydrogen (secondary N) is 1. The van der Waals surface area contributed by atoms with E-state index in [1.807, 2.05) is 18.3 Å². The lowest BCUT2D eigenvalue weighted by Gasteiger charge is -2.10. The minimum atomic E-state index is -0.564. The summed E-state index contributed by atoms with van der Waals surface area (Å²) in [4.78, 5) is 27.7. The van der Waals surface area contributed by atoms with E-state index in [2.05, 4.69) is 14.9 Å². The first kappa shape index (κ1) is 17.6. The number of anilines is 1. The largest absolute Gasteiger partial charge is 0.325 e. The molecule has 0 bridgehead atoms. The monoisotopic (exact) mass is 400 g/mol. The predicted molar refractivity (Wildman–Crippen MR) is 104 cm³/mol. The van der Waals surface area contributed by atoms with E-state index in [9.17, 15) is 14.9 Å². The molecule has 2 aromatic carbocycles. The minimum Gasteiger partial charge on any atom is -0.325 e. The number of para-hydroxylation sites is 1. The summed E-state index contributed by atoms with van der Waals surface area (Å²) in [5.74, 6) is 0.490. The maximum absolute atomic E-state index is 12.7. The van der Waals surface area contributed by atoms with Crippen LogP contribution in [0, 0.1) is 10.1 Å². The molecule has 3 aromatic rings. The highest BCUT2D eigenvalue weighted by atomic mass is 35.5. The van der Waals surface area contributed by atoms with Gasteiger partial charge in [0, 0.05) is 36.2 Å². The molecule has 0 spiro atoms. The van der Waals surface area contributed by atoms with Gasteiger partial charge in [0.25, 0.3) is 11.6 Å². The number of amides is 1. The summed E-state index contributed by atoms with van der Waals surface area (Å²) in [7, 11) is 0. The lowest BCUT2D eigenvalue weighted by Crippen LogP contribution is -2.13. The number of aryl methyl sites for hydroxylation is 1. The van der Waals surface area contributed by atoms with Crippen molar-refractivity contribution in [3.05, 3.63) is 69.4 Å². The van der Waals surface area contributed by atoms with Crippen molar-refractivity contribution in [3.8, 4) is 11.3 Å². The van der Waals surface area contributed by atoms with Crippen LogP contribution >= 0.6 is 23.4 Å². The third-order valence-corrected chi connectivity index (χ3v) is 5.46. The zero-order valence-electron chi connectivity index (χ0n) is 13.9. The highest BCUT2D eigenvalue weighted by molar-refractivity contribution is 7.99. The van der Waals surface area contributed by atoms with Crippen molar-refractivity contribution in [2.24, 2.45) is 0 Å². The Morgan fingerprint density at radius 1 is 1.30 bits per heavy atom. The Morgan fingerprint density at radius 2 is 2.11 bits per heavy atom. The van der Waals surface area contributed by atoms with Gasteiger partial charge in [-0.2, -0.15) is 0 Å². The highest BCUT2D eigenvalue weighted by Gasteiger charge is 2.20. The van der Waals surface area contributed by atoms with Crippen molar-refractivity contribution >= 4 is 40.6 Å². The van der Waals surface area contributed by atoms with Crippen molar-refractivity contribution in [3.63, 3.8) is 0 Å². The van der Waals surface area contributed by atoms with Crippen molar-refractivity contribution < 1.29 is 9.72 Å². The van der Waals surface area contributed by atoms with Crippen LogP contribution in [0.2, 0.25) is 5.02 Å². The van der Waals surface area contributed by atoms with Gasteiger partial charge in [-0.25, -0.2) is 4.98 Å². The SMILES string of the molecule is O=C(Nc1ccccc1-c1cn2c(n1)SCC2)c1cc([N+](=O)[O-])ccc1Cl. The topological polar surface area (TPSA) is 90.1 Å². The van der Waals surface area contributed by atoms with Crippen LogP contribution in [-0.4, -0.2) is 26.1 Å². The average molecular weight is 401 g/mol. The van der Waals surface area contributed by atoms with E-state index in [0.717, 1.165) is 28.7 Å². The number of hydrogen-bond donors (Lipinski definition) is 1. The lowest BCUT2D eigenvalue weighted by atomic mass is 10.1. The molecule has 27 heavy (non-hydrogen) atoms. The summed E-state index contributed by atoms with van der Waals surface area (Å²) >= 11 is 7.76. The number of hydrogen-bond acceptors (Lipinski definition) is 5. The number of benzene rings is 2. The third kappa shape index (κ3) is 3.41. The summed E-state index contributed by atoms with van der Waals surface area (Å²) < 4.78 is 2.08. The fourth-order valence-electron chi connectivity index (χ4n) is 2.85. The van der Waals surface area contributed by atoms with Gasteiger partial charge in [0.2, 0.25) is 0 Å². The number of nitro groups is 1. The highest BCUT2D eigenvalue weighted by Crippen LogP contribution is 2.33. The standard InChI is InChI=1S/C18H13ClN4O3S/c19-14-6-5-11(23(25)26)9-13(14)17(24)20-15-4-2-1-3-12(15)16-10-22-7-8-27-18(22)21-16/h1-6,9-10H,7-8H2,(H,20,24). The molecule has 0 fully saturated rings. The van der Waals surface area contributed by atoms with Gasteiger partial charge in [-0.15, -0.1) is 0 Å². The number of nitrogens with zero attached hydrogens (tertiary/aromatic N) is 3. The first-order valence-corrected chi connectivity index (χ1v) is 9.44. The summed E-state index contributed by atoms with van der Waals surface area (Å²) in [6, 6.07) is 11.1. The second kappa shape index (κ2) is 7.05. The number of halogens is 1. The van der Waals surface area contributed by atoms with E-state index in [1.165, 1.54) is 18.2 Å². The molecule has 2 heterocycles. The first-order chi connectivity index (χ1) is 13.0. The fraction of sp³-hybridized carbons (Fsp3) is 0.111. The molecule has 1 N–H and O–H groups in total. The quantitative estimate of drug-likeness (QED) is 0.515. The van der Waals surface area contributed by atoms with Crippen LogP contribution < -0.4 is 5.32 Å². The third-order valence-electron chi connectivity index (χ3n) is 4.16. The van der Waals surface area contributed by atoms with Gasteiger partial charge in [0.05, 0.1) is 26.9 Å². The van der Waals surface area contributed by atoms with Crippen molar-refractivity contribution in [2.45, 2.75) is 11.7 Å². The smallest absolute Gasteiger partial charge is 0.270 e. The van der Waals surface area contributed by atoms with Gasteiger partial charge in [-0.1, -0.05) is 41.6 Å². The molecule has 9 heteroatoms. The molecule has 0 saturated carbocycles. The Morgan fingerprint density at radius 3 is 2.89 bits per heavy atom. The number of nitro benzene ring substituents is 1. The maximum Gasteiger partial charge on any atom is 0.270 e. The van der Waals surface area contributed by atoms with E-state index < -0.39 is 10.8 Å². The van der Waals surface area contributed by atoms with E-state index in [0.29, 0.717) is 5.69 Å². The van der Waals surface area contributed by atoms with Crippen LogP contribution in [0.1, 0.15) is 10.4 Å². The van der Waals surface area contributed by atoms with Gasteiger partial charge in [0.1, 0.15) is 0 Å². The summed E-state index contributed by atoms with van der Waals surface area (Å²) in [6.07, 6.45) is 1.96. The molecule has 0 saturated heterocycles. The van der Waals surface area contributed by atoms with Crippen LogP contribution in [0.25, 0.3) is 11.3 Å². The van der Waals surface area contributed by atoms with Gasteiger partial charge in [0.15, 0.2) is 5.16 Å². The normalized spacial score (nSPS) is 12.6. The summed E-state index contributed by atoms with van der Waals surface area (Å²) in [5.41, 5.74) is 1.95. The summed E-state index contributed by atoms with van der Waals surface area (Å²) in [5, 5.41) is 14.9. The lowest BCUT2D eigenvalue weighted by molar-refractivity contribution is -0.384. The zero-order chi connectivity index (χ0) is 19.0. The molecule has 136 valence electrons. The molecule has 0 atom stereocenters. The molecule has 1 amide bonds. The number of aromatic nitrogens is 2. The first-order valence-electron chi connectivity index (χ1n) is 8.07. The number of imidazole rings is 1. The van der Waals surface area contributed by atoms with Crippen LogP contribution in [-0.2, 0) is 6.54 Å². The fourth-order valence-corrected chi connectivity index (χ4v) is 3.99. The predicted octanol–water partition coefficient (Wildman–Crippen LogP) is 4.47. The van der Waals surface area contributed by atoms with Gasteiger partial charge in [-0.3, -0.25) is 14.9 Å².